The van der Waals surface area contributed by atoms with E-state index in [0.29, 0.717) is 6.61 Å². The van der Waals surface area contributed by atoms with Crippen LogP contribution in [0.25, 0.3) is 0 Å². The van der Waals surface area contributed by atoms with Gasteiger partial charge in [-0.05, 0) is 50.6 Å². The number of methoxy groups -OCH3 is 2. The lowest BCUT2D eigenvalue weighted by atomic mass is 9.82. The van der Waals surface area contributed by atoms with E-state index in [0.717, 1.165) is 43.8 Å². The zero-order valence-electron chi connectivity index (χ0n) is 13.2. The molecule has 0 aromatic heterocycles. The molecule has 21 heavy (non-hydrogen) atoms. The van der Waals surface area contributed by atoms with Gasteiger partial charge in [-0.3, -0.25) is 4.90 Å². The number of hydrogen-bond donors (Lipinski definition) is 0. The highest BCUT2D eigenvalue weighted by molar-refractivity contribution is 5.37. The third kappa shape index (κ3) is 3.96. The predicted molar refractivity (Wildman–Crippen MR) is 81.9 cm³/mol. The van der Waals surface area contributed by atoms with Crippen molar-refractivity contribution in [2.24, 2.45) is 5.41 Å². The second-order valence-corrected chi connectivity index (χ2v) is 6.03. The number of likely N-dealkylation sites (tertiary alicyclic amines) is 1. The molecular weight excluding hydrogens is 264 g/mol. The Morgan fingerprint density at radius 1 is 1.29 bits per heavy atom. The molecule has 1 fully saturated rings. The summed E-state index contributed by atoms with van der Waals surface area (Å²) in [6, 6.07) is 8.71. The van der Waals surface area contributed by atoms with Crippen molar-refractivity contribution < 1.29 is 9.47 Å². The van der Waals surface area contributed by atoms with Crippen LogP contribution in [0.4, 0.5) is 0 Å². The van der Waals surface area contributed by atoms with E-state index >= 15 is 0 Å². The Labute approximate surface area is 127 Å². The lowest BCUT2D eigenvalue weighted by Crippen LogP contribution is -2.37. The third-order valence-electron chi connectivity index (χ3n) is 4.28. The SMILES string of the molecule is COCc1cc(CN2CCC(C)(C#N)CC2)ccc1OC. The minimum absolute atomic E-state index is 0.141. The van der Waals surface area contributed by atoms with Crippen molar-refractivity contribution in [3.63, 3.8) is 0 Å². The van der Waals surface area contributed by atoms with Crippen molar-refractivity contribution in [2.45, 2.75) is 32.9 Å². The molecule has 0 bridgehead atoms. The van der Waals surface area contributed by atoms with E-state index in [1.807, 2.05) is 6.07 Å². The molecular formula is C17H24N2O2. The minimum atomic E-state index is -0.141. The highest BCUT2D eigenvalue weighted by atomic mass is 16.5. The van der Waals surface area contributed by atoms with Gasteiger partial charge in [0, 0.05) is 19.2 Å². The van der Waals surface area contributed by atoms with Gasteiger partial charge in [-0.25, -0.2) is 0 Å². The number of piperidine rings is 1. The Balaban J connectivity index is 2.01. The molecule has 1 aliphatic heterocycles. The molecule has 0 atom stereocenters. The van der Waals surface area contributed by atoms with Gasteiger partial charge in [0.05, 0.1) is 25.2 Å². The number of benzene rings is 1. The number of ether oxygens (including phenoxy) is 2. The lowest BCUT2D eigenvalue weighted by molar-refractivity contribution is 0.150. The lowest BCUT2D eigenvalue weighted by Gasteiger charge is -2.35. The summed E-state index contributed by atoms with van der Waals surface area (Å²) in [5.74, 6) is 0.872. The van der Waals surface area contributed by atoms with Crippen LogP contribution in [-0.2, 0) is 17.9 Å². The Hall–Kier alpha value is -1.57. The Morgan fingerprint density at radius 3 is 2.57 bits per heavy atom. The summed E-state index contributed by atoms with van der Waals surface area (Å²) in [5.41, 5.74) is 2.21. The highest BCUT2D eigenvalue weighted by Gasteiger charge is 2.29. The Bertz CT molecular complexity index is 514. The molecule has 1 aromatic rings. The second-order valence-electron chi connectivity index (χ2n) is 6.03. The normalized spacial score (nSPS) is 18.2. The van der Waals surface area contributed by atoms with E-state index < -0.39 is 0 Å². The molecule has 1 saturated heterocycles. The topological polar surface area (TPSA) is 45.5 Å². The summed E-state index contributed by atoms with van der Waals surface area (Å²) < 4.78 is 10.6. The number of nitriles is 1. The fourth-order valence-electron chi connectivity index (χ4n) is 2.77. The largest absolute Gasteiger partial charge is 0.496 e. The van der Waals surface area contributed by atoms with Crippen molar-refractivity contribution in [2.75, 3.05) is 27.3 Å². The summed E-state index contributed by atoms with van der Waals surface area (Å²) in [4.78, 5) is 2.41. The quantitative estimate of drug-likeness (QED) is 0.835. The molecule has 0 aliphatic carbocycles. The van der Waals surface area contributed by atoms with Gasteiger partial charge in [-0.2, -0.15) is 5.26 Å². The number of nitrogens with zero attached hydrogens (tertiary/aromatic N) is 2. The maximum absolute atomic E-state index is 9.18. The van der Waals surface area contributed by atoms with E-state index in [1.165, 1.54) is 5.56 Å². The molecule has 0 amide bonds. The summed E-state index contributed by atoms with van der Waals surface area (Å²) in [7, 11) is 3.38. The summed E-state index contributed by atoms with van der Waals surface area (Å²) in [6.07, 6.45) is 1.90. The van der Waals surface area contributed by atoms with Crippen LogP contribution in [0.15, 0.2) is 18.2 Å². The molecule has 1 aliphatic rings. The molecule has 0 spiro atoms. The summed E-state index contributed by atoms with van der Waals surface area (Å²) in [6.45, 7) is 5.51. The smallest absolute Gasteiger partial charge is 0.124 e. The highest BCUT2D eigenvalue weighted by Crippen LogP contribution is 2.30. The van der Waals surface area contributed by atoms with Crippen molar-refractivity contribution >= 4 is 0 Å². The van der Waals surface area contributed by atoms with E-state index in [9.17, 15) is 5.26 Å². The van der Waals surface area contributed by atoms with Crippen LogP contribution in [-0.4, -0.2) is 32.2 Å². The van der Waals surface area contributed by atoms with Crippen LogP contribution >= 0.6 is 0 Å². The van der Waals surface area contributed by atoms with E-state index in [-0.39, 0.29) is 5.41 Å². The van der Waals surface area contributed by atoms with Crippen molar-refractivity contribution in [3.05, 3.63) is 29.3 Å². The zero-order chi connectivity index (χ0) is 15.3. The van der Waals surface area contributed by atoms with Crippen LogP contribution in [0.1, 0.15) is 30.9 Å². The summed E-state index contributed by atoms with van der Waals surface area (Å²) in [5, 5.41) is 9.18. The van der Waals surface area contributed by atoms with Gasteiger partial charge in [0.2, 0.25) is 0 Å². The molecule has 4 heteroatoms. The van der Waals surface area contributed by atoms with E-state index in [2.05, 4.69) is 30.0 Å². The van der Waals surface area contributed by atoms with Crippen LogP contribution in [0.5, 0.6) is 5.75 Å². The predicted octanol–water partition coefficient (Wildman–Crippen LogP) is 2.97. The minimum Gasteiger partial charge on any atom is -0.496 e. The van der Waals surface area contributed by atoms with Crippen molar-refractivity contribution in [1.82, 2.24) is 4.90 Å². The first kappa shape index (κ1) is 15.8. The number of hydrogen-bond acceptors (Lipinski definition) is 4. The number of rotatable bonds is 5. The molecule has 2 rings (SSSR count). The summed E-state index contributed by atoms with van der Waals surface area (Å²) >= 11 is 0. The second kappa shape index (κ2) is 6.93. The van der Waals surface area contributed by atoms with Crippen LogP contribution < -0.4 is 4.74 Å². The molecule has 0 radical (unpaired) electrons. The van der Waals surface area contributed by atoms with Gasteiger partial charge in [0.25, 0.3) is 0 Å². The molecule has 1 heterocycles. The molecule has 1 aromatic carbocycles. The van der Waals surface area contributed by atoms with Gasteiger partial charge < -0.3 is 9.47 Å². The van der Waals surface area contributed by atoms with Gasteiger partial charge in [-0.15, -0.1) is 0 Å². The molecule has 4 nitrogen and oxygen atoms in total. The van der Waals surface area contributed by atoms with Crippen molar-refractivity contribution in [1.29, 1.82) is 5.26 Å². The van der Waals surface area contributed by atoms with Crippen LogP contribution in [0.2, 0.25) is 0 Å². The average Bonchev–Trinajstić information content (AvgIpc) is 2.50. The first-order valence-corrected chi connectivity index (χ1v) is 7.38. The van der Waals surface area contributed by atoms with Gasteiger partial charge in [-0.1, -0.05) is 6.07 Å². The molecule has 0 N–H and O–H groups in total. The average molecular weight is 288 g/mol. The van der Waals surface area contributed by atoms with E-state index in [1.54, 1.807) is 14.2 Å². The molecule has 0 saturated carbocycles. The standard InChI is InChI=1S/C17H24N2O2/c1-17(13-18)6-8-19(9-7-17)11-14-4-5-16(21-3)15(10-14)12-20-2/h4-5,10H,6-9,11-12H2,1-3H3. The van der Waals surface area contributed by atoms with Gasteiger partial charge in [0.1, 0.15) is 5.75 Å². The third-order valence-corrected chi connectivity index (χ3v) is 4.28. The van der Waals surface area contributed by atoms with E-state index in [4.69, 9.17) is 9.47 Å². The maximum atomic E-state index is 9.18. The molecule has 0 unspecified atom stereocenters. The Morgan fingerprint density at radius 2 is 2.00 bits per heavy atom. The van der Waals surface area contributed by atoms with Crippen LogP contribution in [0, 0.1) is 16.7 Å². The van der Waals surface area contributed by atoms with Crippen molar-refractivity contribution in [3.8, 4) is 11.8 Å². The first-order chi connectivity index (χ1) is 10.1. The van der Waals surface area contributed by atoms with Crippen LogP contribution in [0.3, 0.4) is 0 Å². The first-order valence-electron chi connectivity index (χ1n) is 7.38. The van der Waals surface area contributed by atoms with Gasteiger partial charge >= 0.3 is 0 Å². The van der Waals surface area contributed by atoms with Gasteiger partial charge in [0.15, 0.2) is 0 Å². The fraction of sp³-hybridized carbons (Fsp3) is 0.588. The maximum Gasteiger partial charge on any atom is 0.124 e. The zero-order valence-corrected chi connectivity index (χ0v) is 13.2. The Kier molecular flexibility index (Phi) is 5.22. The fourth-order valence-corrected chi connectivity index (χ4v) is 2.77. The molecule has 114 valence electrons. The monoisotopic (exact) mass is 288 g/mol.